The monoisotopic (exact) mass is 1100 g/mol. The number of amides is 4. The Morgan fingerprint density at radius 3 is 1.43 bits per heavy atom. The molecular weight excluding hydrogens is 1030 g/mol. The lowest BCUT2D eigenvalue weighted by molar-refractivity contribution is -0.126. The molecule has 0 aliphatic carbocycles. The lowest BCUT2D eigenvalue weighted by atomic mass is 10.0. The van der Waals surface area contributed by atoms with E-state index in [2.05, 4.69) is 28.6 Å². The molecule has 4 atom stereocenters. The van der Waals surface area contributed by atoms with E-state index in [9.17, 15) is 37.5 Å². The topological polar surface area (TPSA) is 169 Å². The van der Waals surface area contributed by atoms with E-state index in [-0.39, 0.29) is 89.2 Å². The average Bonchev–Trinajstić information content (AvgIpc) is 4.27. The van der Waals surface area contributed by atoms with Crippen LogP contribution in [0.5, 0.6) is 0 Å². The Balaban J connectivity index is 0.000000218. The molecule has 0 spiro atoms. The predicted molar refractivity (Wildman–Crippen MR) is 298 cm³/mol. The van der Waals surface area contributed by atoms with Gasteiger partial charge in [-0.25, -0.2) is 8.78 Å². The molecule has 4 saturated heterocycles. The SMILES string of the molecule is C.C.C[C@@H]1CN(Cc2ccc(F)cc2)[C@@H](C)CN1C(=O)c1cc2c(C(=O)C(=O)N3CCCC3)c[nH]c2cc1Cl.C[C@@H]1CN(Cc2ccc(F)cc2)[C@@H](C)CN1C(=O)c1cc2c(C(=O)C(=O)N3CCCC3)cn(N)c2cc1Cl. The number of ketones is 2. The Morgan fingerprint density at radius 2 is 0.974 bits per heavy atom. The Hall–Kier alpha value is -6.66. The highest BCUT2D eigenvalue weighted by molar-refractivity contribution is 6.46. The number of aromatic nitrogens is 2. The minimum absolute atomic E-state index is 0. The van der Waals surface area contributed by atoms with Gasteiger partial charge in [0.1, 0.15) is 11.6 Å². The molecule has 15 nitrogen and oxygen atoms in total. The number of rotatable bonds is 10. The van der Waals surface area contributed by atoms with Gasteiger partial charge in [0.05, 0.1) is 37.8 Å². The van der Waals surface area contributed by atoms with Gasteiger partial charge in [0.25, 0.3) is 35.2 Å². The summed E-state index contributed by atoms with van der Waals surface area (Å²) in [5.41, 5.74) is 4.08. The molecule has 0 bridgehead atoms. The molecule has 0 unspecified atom stereocenters. The summed E-state index contributed by atoms with van der Waals surface area (Å²) in [5.74, 6) is 2.82. The van der Waals surface area contributed by atoms with Crippen LogP contribution in [0.25, 0.3) is 21.8 Å². The summed E-state index contributed by atoms with van der Waals surface area (Å²) in [6.07, 6.45) is 6.48. The minimum Gasteiger partial charge on any atom is -0.360 e. The molecule has 4 amide bonds. The number of hydrogen-bond donors (Lipinski definition) is 2. The number of piperazine rings is 2. The van der Waals surface area contributed by atoms with E-state index in [1.54, 1.807) is 63.2 Å². The van der Waals surface area contributed by atoms with Crippen molar-refractivity contribution in [1.29, 1.82) is 0 Å². The first-order valence-corrected chi connectivity index (χ1v) is 26.3. The summed E-state index contributed by atoms with van der Waals surface area (Å²) < 4.78 is 27.9. The van der Waals surface area contributed by atoms with Crippen molar-refractivity contribution in [2.75, 3.05) is 58.2 Å². The van der Waals surface area contributed by atoms with Gasteiger partial charge in [-0.15, -0.1) is 0 Å². The number of fused-ring (bicyclic) bond motifs is 2. The molecule has 410 valence electrons. The number of nitrogens with two attached hydrogens (primary N) is 1. The van der Waals surface area contributed by atoms with Crippen molar-refractivity contribution in [2.24, 2.45) is 0 Å². The highest BCUT2D eigenvalue weighted by Crippen LogP contribution is 2.33. The van der Waals surface area contributed by atoms with Crippen molar-refractivity contribution in [2.45, 2.75) is 105 Å². The standard InChI is InChI=1S/C28H31ClFN5O3.C28H30ClFN4O3.2CH4/c1-17-14-34(18(2)13-33(17)15-19-5-7-20(30)8-6-19)27(37)22-11-21-23(16-35(31)25(21)12-24(22)29)26(36)28(38)32-9-3-4-10-32;1-17-15-34(18(2)14-33(17)16-19-5-7-20(30)8-6-19)27(36)22-11-21-23(13-31-25(21)12-24(22)29)26(35)28(37)32-9-3-4-10-32;;/h5-8,11-12,16-18H,3-4,9-10,13-15,31H2,1-2H3;5-8,11-13,17-18,31H,3-4,9-10,14-16H2,1-2H3;2*1H4/t2*17-,18+;;/m00../s1. The molecule has 2 aromatic heterocycles. The number of carbonyl (C=O) groups excluding carboxylic acids is 6. The molecule has 6 aromatic rings. The van der Waals surface area contributed by atoms with Crippen LogP contribution >= 0.6 is 23.2 Å². The van der Waals surface area contributed by atoms with Crippen LogP contribution in [0.1, 0.15) is 121 Å². The molecule has 6 heterocycles. The van der Waals surface area contributed by atoms with Crippen molar-refractivity contribution in [3.63, 3.8) is 0 Å². The second-order valence-electron chi connectivity index (χ2n) is 20.5. The number of likely N-dealkylation sites (tertiary alicyclic amines) is 2. The maximum atomic E-state index is 13.7. The summed E-state index contributed by atoms with van der Waals surface area (Å²) in [5, 5.41) is 1.46. The van der Waals surface area contributed by atoms with Crippen LogP contribution in [-0.2, 0) is 22.7 Å². The smallest absolute Gasteiger partial charge is 0.295 e. The van der Waals surface area contributed by atoms with Gasteiger partial charge in [-0.2, -0.15) is 0 Å². The number of H-pyrrole nitrogens is 1. The number of nitrogens with one attached hydrogen (secondary N) is 1. The van der Waals surface area contributed by atoms with Crippen molar-refractivity contribution < 1.29 is 37.5 Å². The number of carbonyl (C=O) groups is 6. The zero-order valence-corrected chi connectivity index (χ0v) is 44.0. The molecule has 4 aliphatic rings. The molecule has 0 radical (unpaired) electrons. The zero-order valence-electron chi connectivity index (χ0n) is 42.5. The van der Waals surface area contributed by atoms with Gasteiger partial charge >= 0.3 is 0 Å². The number of hydrogen-bond acceptors (Lipinski definition) is 9. The lowest BCUT2D eigenvalue weighted by Crippen LogP contribution is -2.57. The molecule has 77 heavy (non-hydrogen) atoms. The third-order valence-electron chi connectivity index (χ3n) is 15.2. The molecule has 4 aromatic carbocycles. The Labute approximate surface area is 458 Å². The Morgan fingerprint density at radius 1 is 0.558 bits per heavy atom. The first-order chi connectivity index (χ1) is 35.9. The third-order valence-corrected chi connectivity index (χ3v) is 15.8. The largest absolute Gasteiger partial charge is 0.360 e. The zero-order chi connectivity index (χ0) is 53.4. The molecule has 4 fully saturated rings. The van der Waals surface area contributed by atoms with Crippen molar-refractivity contribution >= 4 is 80.2 Å². The summed E-state index contributed by atoms with van der Waals surface area (Å²) in [7, 11) is 0. The van der Waals surface area contributed by atoms with E-state index < -0.39 is 23.4 Å². The van der Waals surface area contributed by atoms with E-state index in [4.69, 9.17) is 29.0 Å². The summed E-state index contributed by atoms with van der Waals surface area (Å²) in [4.78, 5) is 93.3. The minimum atomic E-state index is -0.641. The first kappa shape index (κ1) is 58.0. The van der Waals surface area contributed by atoms with Gasteiger partial charge in [-0.3, -0.25) is 43.2 Å². The van der Waals surface area contributed by atoms with Gasteiger partial charge in [0, 0.05) is 118 Å². The number of halogens is 4. The van der Waals surface area contributed by atoms with Crippen molar-refractivity contribution in [3.8, 4) is 0 Å². The van der Waals surface area contributed by atoms with E-state index in [1.807, 2.05) is 18.7 Å². The quantitative estimate of drug-likeness (QED) is 0.0772. The molecule has 10 rings (SSSR count). The first-order valence-electron chi connectivity index (χ1n) is 25.5. The van der Waals surface area contributed by atoms with E-state index >= 15 is 0 Å². The van der Waals surface area contributed by atoms with Gasteiger partial charge in [0.15, 0.2) is 0 Å². The summed E-state index contributed by atoms with van der Waals surface area (Å²) >= 11 is 13.1. The van der Waals surface area contributed by atoms with E-state index in [0.717, 1.165) is 36.8 Å². The van der Waals surface area contributed by atoms with Gasteiger partial charge in [-0.1, -0.05) is 62.3 Å². The lowest BCUT2D eigenvalue weighted by Gasteiger charge is -2.44. The third kappa shape index (κ3) is 12.2. The Bertz CT molecular complexity index is 3170. The van der Waals surface area contributed by atoms with Crippen molar-refractivity contribution in [1.82, 2.24) is 39.1 Å². The fraction of sp³-hybridized carbons (Fsp3) is 0.414. The number of nitrogens with zero attached hydrogens (tertiary/aromatic N) is 7. The van der Waals surface area contributed by atoms with E-state index in [0.29, 0.717) is 92.8 Å². The number of nitrogen functional groups attached to an aromatic ring is 1. The predicted octanol–water partition coefficient (Wildman–Crippen LogP) is 9.46. The second-order valence-corrected chi connectivity index (χ2v) is 21.3. The number of Topliss-reactive ketones (excluding diaryl/α,β-unsaturated/α-hetero) is 2. The normalized spacial score (nSPS) is 19.9. The molecule has 4 aliphatic heterocycles. The highest BCUT2D eigenvalue weighted by atomic mass is 35.5. The van der Waals surface area contributed by atoms with Crippen LogP contribution in [0.2, 0.25) is 10.0 Å². The second kappa shape index (κ2) is 24.3. The fourth-order valence-electron chi connectivity index (χ4n) is 10.8. The van der Waals surface area contributed by atoms with Gasteiger partial charge < -0.3 is 30.4 Å². The van der Waals surface area contributed by atoms with Gasteiger partial charge in [-0.05, 0) is 113 Å². The summed E-state index contributed by atoms with van der Waals surface area (Å²) in [6.45, 7) is 14.0. The van der Waals surface area contributed by atoms with Crippen LogP contribution in [0, 0.1) is 11.6 Å². The molecular formula is C58H69Cl2F2N9O6. The van der Waals surface area contributed by atoms with Crippen LogP contribution in [-0.4, -0.2) is 151 Å². The van der Waals surface area contributed by atoms with Gasteiger partial charge in [0.2, 0.25) is 0 Å². The number of benzene rings is 4. The van der Waals surface area contributed by atoms with Crippen LogP contribution in [0.3, 0.4) is 0 Å². The highest BCUT2D eigenvalue weighted by Gasteiger charge is 2.37. The average molecular weight is 1100 g/mol. The molecule has 19 heteroatoms. The van der Waals surface area contributed by atoms with Crippen LogP contribution < -0.4 is 5.84 Å². The molecule has 3 N–H and O–H groups in total. The molecule has 0 saturated carbocycles. The van der Waals surface area contributed by atoms with Crippen LogP contribution in [0.15, 0.2) is 85.2 Å². The van der Waals surface area contributed by atoms with Crippen molar-refractivity contribution in [3.05, 3.63) is 140 Å². The maximum absolute atomic E-state index is 13.7. The Kier molecular flexibility index (Phi) is 18.3. The maximum Gasteiger partial charge on any atom is 0.295 e. The van der Waals surface area contributed by atoms with Crippen LogP contribution in [0.4, 0.5) is 8.78 Å². The fourth-order valence-corrected chi connectivity index (χ4v) is 11.3. The van der Waals surface area contributed by atoms with E-state index in [1.165, 1.54) is 41.3 Å². The summed E-state index contributed by atoms with van der Waals surface area (Å²) in [6, 6.07) is 19.3. The number of aromatic amines is 1.